The third-order valence-corrected chi connectivity index (χ3v) is 5.76. The molecule has 21 heavy (non-hydrogen) atoms. The normalized spacial score (nSPS) is 35.0. The van der Waals surface area contributed by atoms with Crippen LogP contribution in [-0.4, -0.2) is 62.2 Å². The number of rotatable bonds is 6. The number of nitrogens with one attached hydrogen (secondary N) is 1. The van der Waals surface area contributed by atoms with Gasteiger partial charge in [-0.15, -0.1) is 0 Å². The van der Waals surface area contributed by atoms with Gasteiger partial charge >= 0.3 is 0 Å². The Labute approximate surface area is 132 Å². The van der Waals surface area contributed by atoms with Crippen LogP contribution in [0, 0.1) is 11.3 Å². The summed E-state index contributed by atoms with van der Waals surface area (Å²) in [6.45, 7) is 12.1. The average Bonchev–Trinajstić information content (AvgIpc) is 2.88. The van der Waals surface area contributed by atoms with Crippen LogP contribution in [0.15, 0.2) is 0 Å². The fraction of sp³-hybridized carbons (Fsp3) is 1.00. The van der Waals surface area contributed by atoms with Crippen molar-refractivity contribution in [1.29, 1.82) is 0 Å². The molecular formula is C18H37N3. The summed E-state index contributed by atoms with van der Waals surface area (Å²) in [5.41, 5.74) is 0.526. The molecule has 1 saturated heterocycles. The van der Waals surface area contributed by atoms with E-state index in [2.05, 4.69) is 50.0 Å². The Morgan fingerprint density at radius 1 is 1.19 bits per heavy atom. The van der Waals surface area contributed by atoms with Crippen molar-refractivity contribution >= 4 is 0 Å². The third kappa shape index (κ3) is 4.94. The zero-order valence-electron chi connectivity index (χ0n) is 15.0. The molecule has 1 unspecified atom stereocenters. The van der Waals surface area contributed by atoms with Gasteiger partial charge in [-0.2, -0.15) is 0 Å². The molecule has 2 fully saturated rings. The molecule has 2 rings (SSSR count). The fourth-order valence-electron chi connectivity index (χ4n) is 4.04. The average molecular weight is 296 g/mol. The molecule has 1 saturated carbocycles. The largest absolute Gasteiger partial charge is 0.314 e. The maximum atomic E-state index is 3.74. The molecule has 3 nitrogen and oxygen atoms in total. The molecular weight excluding hydrogens is 258 g/mol. The highest BCUT2D eigenvalue weighted by atomic mass is 15.2. The first-order valence-electron chi connectivity index (χ1n) is 9.02. The summed E-state index contributed by atoms with van der Waals surface area (Å²) in [5.74, 6) is 0.935. The van der Waals surface area contributed by atoms with E-state index in [0.29, 0.717) is 11.5 Å². The molecule has 0 amide bonds. The molecule has 1 atom stereocenters. The van der Waals surface area contributed by atoms with Gasteiger partial charge in [-0.25, -0.2) is 0 Å². The molecule has 0 aromatic rings. The van der Waals surface area contributed by atoms with E-state index in [1.165, 1.54) is 58.3 Å². The summed E-state index contributed by atoms with van der Waals surface area (Å²) >= 11 is 0. The summed E-state index contributed by atoms with van der Waals surface area (Å²) in [7, 11) is 4.46. The first kappa shape index (κ1) is 17.2. The highest BCUT2D eigenvalue weighted by Gasteiger charge is 2.37. The Balaban J connectivity index is 1.93. The first-order chi connectivity index (χ1) is 9.90. The first-order valence-corrected chi connectivity index (χ1v) is 9.02. The summed E-state index contributed by atoms with van der Waals surface area (Å²) in [5, 5.41) is 3.74. The maximum Gasteiger partial charge on any atom is 0.0229 e. The second-order valence-electron chi connectivity index (χ2n) is 8.36. The van der Waals surface area contributed by atoms with Crippen LogP contribution in [0.4, 0.5) is 0 Å². The zero-order valence-corrected chi connectivity index (χ0v) is 15.0. The van der Waals surface area contributed by atoms with Gasteiger partial charge in [0.15, 0.2) is 0 Å². The number of hydrogen-bond donors (Lipinski definition) is 1. The Morgan fingerprint density at radius 3 is 2.38 bits per heavy atom. The number of likely N-dealkylation sites (tertiary alicyclic amines) is 1. The predicted molar refractivity (Wildman–Crippen MR) is 91.7 cm³/mol. The van der Waals surface area contributed by atoms with Crippen molar-refractivity contribution in [2.24, 2.45) is 11.3 Å². The van der Waals surface area contributed by atoms with Crippen LogP contribution in [0.25, 0.3) is 0 Å². The molecule has 124 valence electrons. The minimum Gasteiger partial charge on any atom is -0.314 e. The lowest BCUT2D eigenvalue weighted by molar-refractivity contribution is 0.0926. The quantitative estimate of drug-likeness (QED) is 0.813. The summed E-state index contributed by atoms with van der Waals surface area (Å²) in [6.07, 6.45) is 7.01. The van der Waals surface area contributed by atoms with Gasteiger partial charge < -0.3 is 15.1 Å². The zero-order chi connectivity index (χ0) is 15.5. The van der Waals surface area contributed by atoms with Crippen LogP contribution in [0.2, 0.25) is 0 Å². The van der Waals surface area contributed by atoms with E-state index in [1.807, 2.05) is 0 Å². The van der Waals surface area contributed by atoms with Crippen molar-refractivity contribution in [2.45, 2.75) is 65.0 Å². The van der Waals surface area contributed by atoms with Crippen LogP contribution in [0.3, 0.4) is 0 Å². The molecule has 1 heterocycles. The Morgan fingerprint density at radius 2 is 1.86 bits per heavy atom. The highest BCUT2D eigenvalue weighted by molar-refractivity contribution is 4.92. The fourth-order valence-corrected chi connectivity index (χ4v) is 4.04. The van der Waals surface area contributed by atoms with Crippen molar-refractivity contribution in [2.75, 3.05) is 40.3 Å². The summed E-state index contributed by atoms with van der Waals surface area (Å²) in [4.78, 5) is 5.14. The standard InChI is InChI=1S/C18H37N3/c1-15(2)19-13-18(9-6-16(3)7-10-18)14-21-11-8-17(12-21)20(4)5/h15-17,19H,6-14H2,1-5H3. The van der Waals surface area contributed by atoms with Gasteiger partial charge in [0.25, 0.3) is 0 Å². The molecule has 0 aromatic carbocycles. The van der Waals surface area contributed by atoms with Crippen molar-refractivity contribution < 1.29 is 0 Å². The van der Waals surface area contributed by atoms with Gasteiger partial charge in [0, 0.05) is 31.7 Å². The van der Waals surface area contributed by atoms with E-state index in [0.717, 1.165) is 12.0 Å². The molecule has 2 aliphatic rings. The van der Waals surface area contributed by atoms with Crippen LogP contribution in [0.1, 0.15) is 52.9 Å². The van der Waals surface area contributed by atoms with Gasteiger partial charge in [-0.05, 0) is 51.2 Å². The monoisotopic (exact) mass is 295 g/mol. The maximum absolute atomic E-state index is 3.74. The smallest absolute Gasteiger partial charge is 0.0229 e. The minimum absolute atomic E-state index is 0.526. The highest BCUT2D eigenvalue weighted by Crippen LogP contribution is 2.39. The third-order valence-electron chi connectivity index (χ3n) is 5.76. The molecule has 0 radical (unpaired) electrons. The van der Waals surface area contributed by atoms with Crippen molar-refractivity contribution in [1.82, 2.24) is 15.1 Å². The van der Waals surface area contributed by atoms with Gasteiger partial charge in [0.05, 0.1) is 0 Å². The summed E-state index contributed by atoms with van der Waals surface area (Å²) in [6, 6.07) is 1.37. The van der Waals surface area contributed by atoms with Crippen LogP contribution >= 0.6 is 0 Å². The van der Waals surface area contributed by atoms with E-state index in [9.17, 15) is 0 Å². The van der Waals surface area contributed by atoms with Gasteiger partial charge in [0.2, 0.25) is 0 Å². The van der Waals surface area contributed by atoms with E-state index in [-0.39, 0.29) is 0 Å². The van der Waals surface area contributed by atoms with Crippen LogP contribution < -0.4 is 5.32 Å². The minimum atomic E-state index is 0.526. The predicted octanol–water partition coefficient (Wildman–Crippen LogP) is 2.82. The lowest BCUT2D eigenvalue weighted by Crippen LogP contribution is -2.47. The van der Waals surface area contributed by atoms with E-state index in [1.54, 1.807) is 0 Å². The number of nitrogens with zero attached hydrogens (tertiary/aromatic N) is 2. The number of likely N-dealkylation sites (N-methyl/N-ethyl adjacent to an activating group) is 1. The summed E-state index contributed by atoms with van der Waals surface area (Å²) < 4.78 is 0. The van der Waals surface area contributed by atoms with Crippen molar-refractivity contribution in [3.63, 3.8) is 0 Å². The SMILES string of the molecule is CC1CCC(CNC(C)C)(CN2CCC(N(C)C)C2)CC1. The molecule has 0 aromatic heterocycles. The van der Waals surface area contributed by atoms with Crippen molar-refractivity contribution in [3.8, 4) is 0 Å². The van der Waals surface area contributed by atoms with Crippen molar-refractivity contribution in [3.05, 3.63) is 0 Å². The molecule has 1 N–H and O–H groups in total. The molecule has 0 bridgehead atoms. The molecule has 1 aliphatic heterocycles. The van der Waals surface area contributed by atoms with E-state index < -0.39 is 0 Å². The lowest BCUT2D eigenvalue weighted by atomic mass is 9.70. The second-order valence-corrected chi connectivity index (χ2v) is 8.36. The second kappa shape index (κ2) is 7.43. The van der Waals surface area contributed by atoms with Gasteiger partial charge in [-0.1, -0.05) is 33.6 Å². The van der Waals surface area contributed by atoms with Gasteiger partial charge in [-0.3, -0.25) is 0 Å². The lowest BCUT2D eigenvalue weighted by Gasteiger charge is -2.43. The Kier molecular flexibility index (Phi) is 6.10. The topological polar surface area (TPSA) is 18.5 Å². The van der Waals surface area contributed by atoms with Gasteiger partial charge in [0.1, 0.15) is 0 Å². The Hall–Kier alpha value is -0.120. The van der Waals surface area contributed by atoms with Crippen LogP contribution in [-0.2, 0) is 0 Å². The van der Waals surface area contributed by atoms with Crippen LogP contribution in [0.5, 0.6) is 0 Å². The molecule has 0 spiro atoms. The van der Waals surface area contributed by atoms with E-state index in [4.69, 9.17) is 0 Å². The molecule has 3 heteroatoms. The molecule has 1 aliphatic carbocycles. The number of hydrogen-bond acceptors (Lipinski definition) is 3. The Bertz CT molecular complexity index is 306. The van der Waals surface area contributed by atoms with E-state index >= 15 is 0 Å².